The smallest absolute Gasteiger partial charge is 0.326 e. The predicted molar refractivity (Wildman–Crippen MR) is 120 cm³/mol. The number of furan rings is 1. The van der Waals surface area contributed by atoms with Crippen molar-refractivity contribution in [3.63, 3.8) is 0 Å². The number of para-hydroxylation sites is 2. The molecule has 1 aromatic carbocycles. The summed E-state index contributed by atoms with van der Waals surface area (Å²) in [7, 11) is 0. The molecule has 0 saturated carbocycles. The molecule has 1 fully saturated rings. The molecule has 3 aromatic heterocycles. The molecule has 0 atom stereocenters. The summed E-state index contributed by atoms with van der Waals surface area (Å²) in [5, 5.41) is 0. The third-order valence-corrected chi connectivity index (χ3v) is 6.10. The molecule has 1 saturated heterocycles. The van der Waals surface area contributed by atoms with Gasteiger partial charge in [-0.05, 0) is 38.8 Å². The quantitative estimate of drug-likeness (QED) is 0.504. The number of allylic oxidation sites excluding steroid dienone is 1. The van der Waals surface area contributed by atoms with Crippen molar-refractivity contribution >= 4 is 28.0 Å². The summed E-state index contributed by atoms with van der Waals surface area (Å²) in [5.41, 5.74) is 4.93. The van der Waals surface area contributed by atoms with Crippen LogP contribution in [0.25, 0.3) is 22.1 Å². The number of amides is 1. The van der Waals surface area contributed by atoms with Crippen LogP contribution in [-0.2, 0) is 6.54 Å². The van der Waals surface area contributed by atoms with Crippen molar-refractivity contribution in [2.24, 2.45) is 0 Å². The Kier molecular flexibility index (Phi) is 4.61. The number of rotatable bonds is 4. The lowest BCUT2D eigenvalue weighted by atomic mass is 10.0. The van der Waals surface area contributed by atoms with Crippen LogP contribution in [0, 0.1) is 6.92 Å². The lowest BCUT2D eigenvalue weighted by Gasteiger charge is -2.32. The van der Waals surface area contributed by atoms with E-state index in [1.54, 1.807) is 0 Å². The molecule has 0 radical (unpaired) electrons. The Morgan fingerprint density at radius 1 is 1.19 bits per heavy atom. The first-order valence-corrected chi connectivity index (χ1v) is 10.6. The monoisotopic (exact) mass is 418 g/mol. The summed E-state index contributed by atoms with van der Waals surface area (Å²) in [6.07, 6.45) is 1.48. The number of fused-ring (bicyclic) bond motifs is 2. The maximum atomic E-state index is 13.4. The van der Waals surface area contributed by atoms with E-state index in [0.717, 1.165) is 46.3 Å². The van der Waals surface area contributed by atoms with Crippen LogP contribution in [-0.4, -0.2) is 38.0 Å². The van der Waals surface area contributed by atoms with Crippen LogP contribution in [0.5, 0.6) is 0 Å². The topological polar surface area (TPSA) is 76.2 Å². The van der Waals surface area contributed by atoms with Crippen molar-refractivity contribution in [1.29, 1.82) is 0 Å². The van der Waals surface area contributed by atoms with Crippen molar-refractivity contribution in [2.45, 2.75) is 39.3 Å². The van der Waals surface area contributed by atoms with Crippen LogP contribution in [0.4, 0.5) is 0 Å². The van der Waals surface area contributed by atoms with Gasteiger partial charge in [0.15, 0.2) is 5.58 Å². The Labute approximate surface area is 179 Å². The highest BCUT2D eigenvalue weighted by Gasteiger charge is 2.29. The first-order valence-electron chi connectivity index (χ1n) is 10.6. The lowest BCUT2D eigenvalue weighted by molar-refractivity contribution is 0.0685. The van der Waals surface area contributed by atoms with Crippen LogP contribution in [0.3, 0.4) is 0 Å². The first kappa shape index (κ1) is 19.5. The molecule has 1 aliphatic heterocycles. The van der Waals surface area contributed by atoms with E-state index in [1.165, 1.54) is 0 Å². The van der Waals surface area contributed by atoms with Gasteiger partial charge in [-0.2, -0.15) is 0 Å². The number of aromatic amines is 1. The van der Waals surface area contributed by atoms with E-state index in [-0.39, 0.29) is 17.6 Å². The Balaban J connectivity index is 1.39. The standard InChI is InChI=1S/C24H26N4O3/c1-15(2)14-27-20-12-16(3)31-22(20)13-21(27)23(29)26-10-8-17(9-11-26)28-19-7-5-4-6-18(19)25-24(28)30/h4-7,12-13,17H,1,8-11,14H2,2-3H3,(H,25,30). The summed E-state index contributed by atoms with van der Waals surface area (Å²) >= 11 is 0. The molecule has 1 aliphatic rings. The Hall–Kier alpha value is -3.48. The van der Waals surface area contributed by atoms with Crippen LogP contribution in [0.2, 0.25) is 0 Å². The number of aryl methyl sites for hydroxylation is 1. The van der Waals surface area contributed by atoms with Gasteiger partial charge in [0.25, 0.3) is 5.91 Å². The zero-order valence-electron chi connectivity index (χ0n) is 17.9. The number of hydrogen-bond acceptors (Lipinski definition) is 3. The van der Waals surface area contributed by atoms with E-state index >= 15 is 0 Å². The molecular formula is C24H26N4O3. The molecular weight excluding hydrogens is 392 g/mol. The number of nitrogens with zero attached hydrogens (tertiary/aromatic N) is 3. The molecule has 5 rings (SSSR count). The molecule has 31 heavy (non-hydrogen) atoms. The third kappa shape index (κ3) is 3.30. The molecule has 0 spiro atoms. The fraction of sp³-hybridized carbons (Fsp3) is 0.333. The summed E-state index contributed by atoms with van der Waals surface area (Å²) in [5.74, 6) is 0.819. The minimum absolute atomic E-state index is 0.00460. The number of imidazole rings is 1. The minimum Gasteiger partial charge on any atom is -0.460 e. The van der Waals surface area contributed by atoms with Crippen LogP contribution in [0.15, 0.2) is 57.8 Å². The van der Waals surface area contributed by atoms with Gasteiger partial charge in [0.2, 0.25) is 0 Å². The van der Waals surface area contributed by atoms with E-state index in [4.69, 9.17) is 4.42 Å². The van der Waals surface area contributed by atoms with E-state index in [2.05, 4.69) is 11.6 Å². The molecule has 7 heteroatoms. The first-order chi connectivity index (χ1) is 14.9. The van der Waals surface area contributed by atoms with Gasteiger partial charge < -0.3 is 18.9 Å². The largest absolute Gasteiger partial charge is 0.460 e. The molecule has 4 heterocycles. The number of benzene rings is 1. The minimum atomic E-state index is -0.0861. The van der Waals surface area contributed by atoms with Crippen molar-refractivity contribution in [3.8, 4) is 0 Å². The Bertz CT molecular complexity index is 1360. The van der Waals surface area contributed by atoms with Crippen LogP contribution < -0.4 is 5.69 Å². The summed E-state index contributed by atoms with van der Waals surface area (Å²) in [4.78, 5) is 30.7. The average molecular weight is 418 g/mol. The van der Waals surface area contributed by atoms with E-state index in [0.29, 0.717) is 25.3 Å². The van der Waals surface area contributed by atoms with Gasteiger partial charge in [-0.15, -0.1) is 0 Å². The Morgan fingerprint density at radius 2 is 1.94 bits per heavy atom. The fourth-order valence-corrected chi connectivity index (χ4v) is 4.71. The van der Waals surface area contributed by atoms with Crippen LogP contribution >= 0.6 is 0 Å². The van der Waals surface area contributed by atoms with Gasteiger partial charge in [-0.3, -0.25) is 9.36 Å². The molecule has 0 unspecified atom stereocenters. The number of nitrogens with one attached hydrogen (secondary N) is 1. The van der Waals surface area contributed by atoms with E-state index in [1.807, 2.05) is 64.3 Å². The predicted octanol–water partition coefficient (Wildman–Crippen LogP) is 4.24. The molecule has 0 aliphatic carbocycles. The number of carbonyl (C=O) groups is 1. The zero-order valence-corrected chi connectivity index (χ0v) is 17.9. The normalized spacial score (nSPS) is 15.2. The van der Waals surface area contributed by atoms with E-state index in [9.17, 15) is 9.59 Å². The second-order valence-corrected chi connectivity index (χ2v) is 8.52. The van der Waals surface area contributed by atoms with Gasteiger partial charge in [-0.1, -0.05) is 24.3 Å². The molecule has 1 N–H and O–H groups in total. The van der Waals surface area contributed by atoms with Crippen molar-refractivity contribution in [1.82, 2.24) is 19.0 Å². The number of piperidine rings is 1. The lowest BCUT2D eigenvalue weighted by Crippen LogP contribution is -2.41. The molecule has 7 nitrogen and oxygen atoms in total. The van der Waals surface area contributed by atoms with Crippen LogP contribution in [0.1, 0.15) is 42.1 Å². The van der Waals surface area contributed by atoms with Gasteiger partial charge in [0.1, 0.15) is 11.5 Å². The molecule has 0 bridgehead atoms. The number of H-pyrrole nitrogens is 1. The van der Waals surface area contributed by atoms with E-state index < -0.39 is 0 Å². The zero-order chi connectivity index (χ0) is 21.7. The number of aromatic nitrogens is 3. The number of likely N-dealkylation sites (tertiary alicyclic amines) is 1. The van der Waals surface area contributed by atoms with Crippen molar-refractivity contribution in [3.05, 3.63) is 70.5 Å². The Morgan fingerprint density at radius 3 is 2.68 bits per heavy atom. The summed E-state index contributed by atoms with van der Waals surface area (Å²) in [6.45, 7) is 9.66. The highest BCUT2D eigenvalue weighted by molar-refractivity contribution is 5.97. The summed E-state index contributed by atoms with van der Waals surface area (Å²) in [6, 6.07) is 11.6. The van der Waals surface area contributed by atoms with Crippen molar-refractivity contribution < 1.29 is 9.21 Å². The molecule has 4 aromatic rings. The number of hydrogen-bond donors (Lipinski definition) is 1. The maximum absolute atomic E-state index is 13.4. The van der Waals surface area contributed by atoms with Gasteiger partial charge in [0, 0.05) is 37.8 Å². The van der Waals surface area contributed by atoms with Gasteiger partial charge >= 0.3 is 5.69 Å². The second kappa shape index (κ2) is 7.34. The van der Waals surface area contributed by atoms with Gasteiger partial charge in [0.05, 0.1) is 16.6 Å². The highest BCUT2D eigenvalue weighted by Crippen LogP contribution is 2.29. The highest BCUT2D eigenvalue weighted by atomic mass is 16.3. The van der Waals surface area contributed by atoms with Crippen molar-refractivity contribution in [2.75, 3.05) is 13.1 Å². The second-order valence-electron chi connectivity index (χ2n) is 8.52. The van der Waals surface area contributed by atoms with Gasteiger partial charge in [-0.25, -0.2) is 4.79 Å². The third-order valence-electron chi connectivity index (χ3n) is 6.10. The molecule has 1 amide bonds. The molecule has 160 valence electrons. The maximum Gasteiger partial charge on any atom is 0.326 e. The number of carbonyl (C=O) groups excluding carboxylic acids is 1. The fourth-order valence-electron chi connectivity index (χ4n) is 4.71. The average Bonchev–Trinajstić information content (AvgIpc) is 3.37. The summed E-state index contributed by atoms with van der Waals surface area (Å²) < 4.78 is 9.60. The SMILES string of the molecule is C=C(C)Cn1c(C(=O)N2CCC(n3c(=O)[nH]c4ccccc43)CC2)cc2oc(C)cc21.